The van der Waals surface area contributed by atoms with E-state index in [9.17, 15) is 22.8 Å². The summed E-state index contributed by atoms with van der Waals surface area (Å²) in [5, 5.41) is 0. The van der Waals surface area contributed by atoms with Gasteiger partial charge in [-0.15, -0.1) is 0 Å². The maximum atomic E-state index is 12.6. The number of amides is 2. The smallest absolute Gasteiger partial charge is 0.378 e. The summed E-state index contributed by atoms with van der Waals surface area (Å²) < 4.78 is 43.4. The van der Waals surface area contributed by atoms with E-state index in [1.165, 1.54) is 4.90 Å². The molecule has 8 heteroatoms. The molecule has 2 heterocycles. The Morgan fingerprint density at radius 1 is 1.22 bits per heavy atom. The third-order valence-corrected chi connectivity index (χ3v) is 4.48. The van der Waals surface area contributed by atoms with Crippen molar-refractivity contribution in [2.45, 2.75) is 56.8 Å². The molecule has 0 spiro atoms. The second-order valence-electron chi connectivity index (χ2n) is 6.19. The minimum Gasteiger partial charge on any atom is -0.378 e. The molecular formula is C15H23F3N2O3. The lowest BCUT2D eigenvalue weighted by atomic mass is 10.1. The van der Waals surface area contributed by atoms with Crippen molar-refractivity contribution in [1.82, 2.24) is 9.80 Å². The third kappa shape index (κ3) is 4.59. The van der Waals surface area contributed by atoms with Crippen molar-refractivity contribution in [2.24, 2.45) is 0 Å². The van der Waals surface area contributed by atoms with E-state index in [0.29, 0.717) is 24.3 Å². The molecule has 0 aromatic rings. The number of likely N-dealkylation sites (N-methyl/N-ethyl adjacent to an activating group) is 1. The predicted molar refractivity (Wildman–Crippen MR) is 76.6 cm³/mol. The quantitative estimate of drug-likeness (QED) is 0.789. The summed E-state index contributed by atoms with van der Waals surface area (Å²) in [7, 11) is 1.57. The van der Waals surface area contributed by atoms with Crippen molar-refractivity contribution in [3.63, 3.8) is 0 Å². The summed E-state index contributed by atoms with van der Waals surface area (Å²) in [6.45, 7) is 1.13. The number of likely N-dealkylation sites (tertiary alicyclic amines) is 1. The van der Waals surface area contributed by atoms with E-state index in [4.69, 9.17) is 4.74 Å². The van der Waals surface area contributed by atoms with Crippen LogP contribution in [0.25, 0.3) is 0 Å². The topological polar surface area (TPSA) is 49.9 Å². The molecule has 0 saturated carbocycles. The van der Waals surface area contributed by atoms with E-state index in [2.05, 4.69) is 0 Å². The molecule has 0 bridgehead atoms. The Balaban J connectivity index is 1.88. The minimum atomic E-state index is -4.93. The molecule has 23 heavy (non-hydrogen) atoms. The fourth-order valence-electron chi connectivity index (χ4n) is 3.17. The van der Waals surface area contributed by atoms with E-state index in [-0.39, 0.29) is 19.1 Å². The second-order valence-corrected chi connectivity index (χ2v) is 6.19. The van der Waals surface area contributed by atoms with Crippen LogP contribution in [-0.2, 0) is 14.3 Å². The molecule has 2 aliphatic rings. The Morgan fingerprint density at radius 3 is 2.57 bits per heavy atom. The number of hydrogen-bond acceptors (Lipinski definition) is 3. The van der Waals surface area contributed by atoms with Crippen LogP contribution in [0.4, 0.5) is 13.2 Å². The predicted octanol–water partition coefficient (Wildman–Crippen LogP) is 1.96. The van der Waals surface area contributed by atoms with Crippen molar-refractivity contribution < 1.29 is 27.5 Å². The second kappa shape index (κ2) is 7.51. The molecule has 0 radical (unpaired) electrons. The number of hydrogen-bond donors (Lipinski definition) is 0. The van der Waals surface area contributed by atoms with Gasteiger partial charge in [0.15, 0.2) is 0 Å². The van der Waals surface area contributed by atoms with Gasteiger partial charge >= 0.3 is 12.1 Å². The fourth-order valence-corrected chi connectivity index (χ4v) is 3.17. The first-order valence-corrected chi connectivity index (χ1v) is 8.05. The third-order valence-electron chi connectivity index (χ3n) is 4.48. The van der Waals surface area contributed by atoms with Crippen LogP contribution in [-0.4, -0.2) is 66.7 Å². The van der Waals surface area contributed by atoms with Gasteiger partial charge in [-0.05, 0) is 38.5 Å². The van der Waals surface area contributed by atoms with Gasteiger partial charge in [0.2, 0.25) is 5.91 Å². The van der Waals surface area contributed by atoms with Gasteiger partial charge in [-0.25, -0.2) is 0 Å². The standard InChI is InChI=1S/C15H23F3N2O3/c1-19(9-7-11-5-2-3-10-23-11)13(21)12-6-4-8-20(12)14(22)15(16,17)18/h11-12H,2-10H2,1H3. The van der Waals surface area contributed by atoms with Gasteiger partial charge in [0.25, 0.3) is 0 Å². The van der Waals surface area contributed by atoms with E-state index in [1.54, 1.807) is 7.05 Å². The first-order chi connectivity index (χ1) is 10.8. The van der Waals surface area contributed by atoms with Crippen molar-refractivity contribution in [3.05, 3.63) is 0 Å². The van der Waals surface area contributed by atoms with Gasteiger partial charge in [0.1, 0.15) is 6.04 Å². The Kier molecular flexibility index (Phi) is 5.89. The molecule has 132 valence electrons. The largest absolute Gasteiger partial charge is 0.471 e. The molecule has 0 aromatic heterocycles. The maximum Gasteiger partial charge on any atom is 0.471 e. The first-order valence-electron chi connectivity index (χ1n) is 8.05. The molecule has 0 N–H and O–H groups in total. The van der Waals surface area contributed by atoms with E-state index in [1.807, 2.05) is 0 Å². The molecular weight excluding hydrogens is 313 g/mol. The molecule has 0 aromatic carbocycles. The van der Waals surface area contributed by atoms with Crippen LogP contribution in [0.15, 0.2) is 0 Å². The van der Waals surface area contributed by atoms with E-state index < -0.39 is 24.0 Å². The van der Waals surface area contributed by atoms with Crippen LogP contribution < -0.4 is 0 Å². The zero-order valence-electron chi connectivity index (χ0n) is 13.3. The summed E-state index contributed by atoms with van der Waals surface area (Å²) in [5.74, 6) is -2.34. The van der Waals surface area contributed by atoms with Crippen molar-refractivity contribution in [2.75, 3.05) is 26.7 Å². The number of alkyl halides is 3. The van der Waals surface area contributed by atoms with Crippen LogP contribution in [0, 0.1) is 0 Å². The molecule has 2 unspecified atom stereocenters. The average Bonchev–Trinajstić information content (AvgIpc) is 3.00. The van der Waals surface area contributed by atoms with Gasteiger partial charge < -0.3 is 14.5 Å². The van der Waals surface area contributed by atoms with Gasteiger partial charge in [0.05, 0.1) is 6.10 Å². The molecule has 0 aliphatic carbocycles. The lowest BCUT2D eigenvalue weighted by Crippen LogP contribution is -2.50. The van der Waals surface area contributed by atoms with Gasteiger partial charge in [-0.3, -0.25) is 9.59 Å². The zero-order valence-corrected chi connectivity index (χ0v) is 13.3. The highest BCUT2D eigenvalue weighted by Gasteiger charge is 2.48. The fraction of sp³-hybridized carbons (Fsp3) is 0.867. The molecule has 2 aliphatic heterocycles. The average molecular weight is 336 g/mol. The van der Waals surface area contributed by atoms with Crippen LogP contribution in [0.2, 0.25) is 0 Å². The number of carbonyl (C=O) groups is 2. The highest BCUT2D eigenvalue weighted by Crippen LogP contribution is 2.26. The molecule has 2 rings (SSSR count). The minimum absolute atomic E-state index is 0.0195. The number of nitrogens with zero attached hydrogens (tertiary/aromatic N) is 2. The van der Waals surface area contributed by atoms with Crippen molar-refractivity contribution >= 4 is 11.8 Å². The number of halogens is 3. The van der Waals surface area contributed by atoms with Crippen LogP contribution in [0.1, 0.15) is 38.5 Å². The van der Waals surface area contributed by atoms with Crippen LogP contribution in [0.3, 0.4) is 0 Å². The monoisotopic (exact) mass is 336 g/mol. The normalized spacial score (nSPS) is 25.5. The molecule has 2 saturated heterocycles. The Labute approximate surface area is 133 Å². The highest BCUT2D eigenvalue weighted by atomic mass is 19.4. The van der Waals surface area contributed by atoms with E-state index in [0.717, 1.165) is 25.9 Å². The highest BCUT2D eigenvalue weighted by molar-refractivity contribution is 5.90. The maximum absolute atomic E-state index is 12.6. The van der Waals surface area contributed by atoms with Gasteiger partial charge in [-0.2, -0.15) is 13.2 Å². The summed E-state index contributed by atoms with van der Waals surface area (Å²) in [5.41, 5.74) is 0. The first kappa shape index (κ1) is 18.0. The molecule has 5 nitrogen and oxygen atoms in total. The number of carbonyl (C=O) groups excluding carboxylic acids is 2. The Morgan fingerprint density at radius 2 is 1.96 bits per heavy atom. The molecule has 2 atom stereocenters. The van der Waals surface area contributed by atoms with Crippen molar-refractivity contribution in [1.29, 1.82) is 0 Å². The number of rotatable bonds is 4. The molecule has 2 amide bonds. The summed E-state index contributed by atoms with van der Waals surface area (Å²) in [6.07, 6.45) is -0.372. The number of ether oxygens (including phenoxy) is 1. The summed E-state index contributed by atoms with van der Waals surface area (Å²) in [6, 6.07) is -0.999. The SMILES string of the molecule is CN(CCC1CCCCO1)C(=O)C1CCCN1C(=O)C(F)(F)F. The Bertz CT molecular complexity index is 436. The summed E-state index contributed by atoms with van der Waals surface area (Å²) >= 11 is 0. The Hall–Kier alpha value is -1.31. The van der Waals surface area contributed by atoms with E-state index >= 15 is 0 Å². The van der Waals surface area contributed by atoms with Gasteiger partial charge in [-0.1, -0.05) is 0 Å². The van der Waals surface area contributed by atoms with Crippen LogP contribution in [0.5, 0.6) is 0 Å². The molecule has 2 fully saturated rings. The van der Waals surface area contributed by atoms with Crippen LogP contribution >= 0.6 is 0 Å². The van der Waals surface area contributed by atoms with Gasteiger partial charge in [0, 0.05) is 26.7 Å². The van der Waals surface area contributed by atoms with Crippen molar-refractivity contribution in [3.8, 4) is 0 Å². The zero-order chi connectivity index (χ0) is 17.0. The lowest BCUT2D eigenvalue weighted by Gasteiger charge is -2.30. The summed E-state index contributed by atoms with van der Waals surface area (Å²) in [4.78, 5) is 25.9. The lowest BCUT2D eigenvalue weighted by molar-refractivity contribution is -0.187.